The molecular weight excluding hydrogens is 222 g/mol. The third-order valence-electron chi connectivity index (χ3n) is 3.13. The molecule has 0 heterocycles. The molecule has 0 aromatic heterocycles. The second-order valence-corrected chi connectivity index (χ2v) is 8.37. The number of nitrogens with one attached hydrogen (secondary N) is 2. The van der Waals surface area contributed by atoms with Gasteiger partial charge in [-0.1, -0.05) is 0 Å². The molecule has 0 atom stereocenters. The van der Waals surface area contributed by atoms with Crippen molar-refractivity contribution in [2.24, 2.45) is 5.73 Å². The predicted octanol–water partition coefficient (Wildman–Crippen LogP) is 2.65. The molecule has 0 aliphatic rings. The molecule has 0 unspecified atom stereocenters. The summed E-state index contributed by atoms with van der Waals surface area (Å²) in [5, 5.41) is 7.13. The quantitative estimate of drug-likeness (QED) is 0.657. The molecule has 0 aliphatic heterocycles. The average molecular weight is 257 g/mol. The van der Waals surface area contributed by atoms with Crippen LogP contribution < -0.4 is 16.4 Å². The van der Waals surface area contributed by atoms with Gasteiger partial charge in [-0.15, -0.1) is 0 Å². The zero-order valence-corrected chi connectivity index (χ0v) is 14.0. The molecule has 3 heteroatoms. The van der Waals surface area contributed by atoms with E-state index in [1.54, 1.807) is 0 Å². The second-order valence-electron chi connectivity index (χ2n) is 8.37. The van der Waals surface area contributed by atoms with Crippen molar-refractivity contribution in [1.82, 2.24) is 10.6 Å². The lowest BCUT2D eigenvalue weighted by Gasteiger charge is -2.43. The molecule has 0 aliphatic carbocycles. The number of nitrogens with two attached hydrogens (primary N) is 1. The summed E-state index contributed by atoms with van der Waals surface area (Å²) >= 11 is 0. The van der Waals surface area contributed by atoms with Gasteiger partial charge < -0.3 is 16.4 Å². The van der Waals surface area contributed by atoms with Crippen molar-refractivity contribution in [1.29, 1.82) is 0 Å². The molecule has 0 aromatic rings. The Bertz CT molecular complexity index is 259. The van der Waals surface area contributed by atoms with E-state index in [9.17, 15) is 0 Å². The van der Waals surface area contributed by atoms with Crippen molar-refractivity contribution in [3.63, 3.8) is 0 Å². The zero-order valence-electron chi connectivity index (χ0n) is 14.0. The summed E-state index contributed by atoms with van der Waals surface area (Å²) in [5.41, 5.74) is 6.23. The molecule has 0 radical (unpaired) electrons. The number of hydrogen-bond acceptors (Lipinski definition) is 3. The summed E-state index contributed by atoms with van der Waals surface area (Å²) in [6.45, 7) is 17.6. The predicted molar refractivity (Wildman–Crippen MR) is 81.9 cm³/mol. The first kappa shape index (κ1) is 17.9. The highest BCUT2D eigenvalue weighted by Gasteiger charge is 2.34. The van der Waals surface area contributed by atoms with Crippen LogP contribution in [-0.4, -0.2) is 29.2 Å². The molecule has 0 rings (SSSR count). The van der Waals surface area contributed by atoms with Crippen molar-refractivity contribution in [3.8, 4) is 0 Å². The highest BCUT2D eigenvalue weighted by Crippen LogP contribution is 2.25. The van der Waals surface area contributed by atoms with Crippen LogP contribution in [0.4, 0.5) is 0 Å². The van der Waals surface area contributed by atoms with Crippen LogP contribution >= 0.6 is 0 Å². The van der Waals surface area contributed by atoms with Gasteiger partial charge in [-0.25, -0.2) is 0 Å². The van der Waals surface area contributed by atoms with Crippen molar-refractivity contribution >= 4 is 0 Å². The molecule has 110 valence electrons. The van der Waals surface area contributed by atoms with Gasteiger partial charge in [0.15, 0.2) is 0 Å². The van der Waals surface area contributed by atoms with E-state index in [1.165, 1.54) is 0 Å². The lowest BCUT2D eigenvalue weighted by atomic mass is 9.81. The molecule has 4 N–H and O–H groups in total. The van der Waals surface area contributed by atoms with E-state index >= 15 is 0 Å². The smallest absolute Gasteiger partial charge is 0.0147 e. The van der Waals surface area contributed by atoms with Crippen molar-refractivity contribution in [2.75, 3.05) is 7.05 Å². The summed E-state index contributed by atoms with van der Waals surface area (Å²) in [4.78, 5) is 0. The molecule has 3 nitrogen and oxygen atoms in total. The number of hydrogen-bond donors (Lipinski definition) is 3. The third-order valence-corrected chi connectivity index (χ3v) is 3.13. The minimum Gasteiger partial charge on any atom is -0.325 e. The molecule has 0 fully saturated rings. The topological polar surface area (TPSA) is 50.1 Å². The Balaban J connectivity index is 4.66. The van der Waals surface area contributed by atoms with Gasteiger partial charge in [0.1, 0.15) is 0 Å². The second kappa shape index (κ2) is 5.48. The highest BCUT2D eigenvalue weighted by molar-refractivity contribution is 4.96. The summed E-state index contributed by atoms with van der Waals surface area (Å²) in [6, 6.07) is 0. The van der Waals surface area contributed by atoms with E-state index in [0.717, 1.165) is 12.8 Å². The molecule has 0 bridgehead atoms. The molecule has 0 aromatic carbocycles. The van der Waals surface area contributed by atoms with Gasteiger partial charge >= 0.3 is 0 Å². The van der Waals surface area contributed by atoms with Crippen LogP contribution in [0.3, 0.4) is 0 Å². The van der Waals surface area contributed by atoms with Crippen molar-refractivity contribution in [3.05, 3.63) is 0 Å². The Morgan fingerprint density at radius 3 is 1.44 bits per heavy atom. The maximum atomic E-state index is 6.14. The van der Waals surface area contributed by atoms with Gasteiger partial charge in [-0.05, 0) is 75.3 Å². The lowest BCUT2D eigenvalue weighted by Crippen LogP contribution is -2.58. The average Bonchev–Trinajstić information content (AvgIpc) is 1.93. The van der Waals surface area contributed by atoms with Crippen LogP contribution in [0.15, 0.2) is 0 Å². The summed E-state index contributed by atoms with van der Waals surface area (Å²) < 4.78 is 0. The maximum absolute atomic E-state index is 6.14. The third kappa shape index (κ3) is 8.06. The summed E-state index contributed by atoms with van der Waals surface area (Å²) in [5.74, 6) is 0. The van der Waals surface area contributed by atoms with Crippen LogP contribution in [0.5, 0.6) is 0 Å². The first-order valence-corrected chi connectivity index (χ1v) is 6.95. The Kier molecular flexibility index (Phi) is 5.44. The van der Waals surface area contributed by atoms with Gasteiger partial charge in [-0.2, -0.15) is 0 Å². The lowest BCUT2D eigenvalue weighted by molar-refractivity contribution is 0.179. The minimum absolute atomic E-state index is 0.0333. The molecule has 0 amide bonds. The summed E-state index contributed by atoms with van der Waals surface area (Å²) in [6.07, 6.45) is 2.01. The largest absolute Gasteiger partial charge is 0.325 e. The van der Waals surface area contributed by atoms with Gasteiger partial charge in [0, 0.05) is 22.2 Å². The van der Waals surface area contributed by atoms with Crippen LogP contribution in [-0.2, 0) is 0 Å². The fourth-order valence-corrected chi connectivity index (χ4v) is 3.34. The van der Waals surface area contributed by atoms with Crippen LogP contribution in [0.2, 0.25) is 0 Å². The zero-order chi connectivity index (χ0) is 14.8. The van der Waals surface area contributed by atoms with Crippen molar-refractivity contribution < 1.29 is 0 Å². The monoisotopic (exact) mass is 257 g/mol. The van der Waals surface area contributed by atoms with E-state index in [1.807, 2.05) is 7.05 Å². The van der Waals surface area contributed by atoms with Crippen LogP contribution in [0.25, 0.3) is 0 Å². The van der Waals surface area contributed by atoms with E-state index in [-0.39, 0.29) is 22.2 Å². The molecular formula is C15H35N3. The summed E-state index contributed by atoms with van der Waals surface area (Å²) in [7, 11) is 2.02. The highest BCUT2D eigenvalue weighted by atomic mass is 15.1. The normalized spacial score (nSPS) is 15.0. The Morgan fingerprint density at radius 1 is 0.722 bits per heavy atom. The minimum atomic E-state index is -0.148. The molecule has 0 saturated carbocycles. The fourth-order valence-electron chi connectivity index (χ4n) is 3.34. The molecule has 18 heavy (non-hydrogen) atoms. The molecule has 0 spiro atoms. The standard InChI is InChI=1S/C15H35N3/c1-12(2,16)10-14(5,6)18-15(7,8)11-13(3,4)17-9/h17-18H,10-11,16H2,1-9H3. The molecule has 0 saturated heterocycles. The van der Waals surface area contributed by atoms with Crippen molar-refractivity contribution in [2.45, 2.75) is 90.4 Å². The Hall–Kier alpha value is -0.120. The Morgan fingerprint density at radius 2 is 1.11 bits per heavy atom. The van der Waals surface area contributed by atoms with Gasteiger partial charge in [0.05, 0.1) is 0 Å². The Labute approximate surface area is 114 Å². The van der Waals surface area contributed by atoms with E-state index in [0.29, 0.717) is 0 Å². The van der Waals surface area contributed by atoms with E-state index in [4.69, 9.17) is 5.73 Å². The van der Waals surface area contributed by atoms with Gasteiger partial charge in [0.2, 0.25) is 0 Å². The van der Waals surface area contributed by atoms with Gasteiger partial charge in [0.25, 0.3) is 0 Å². The van der Waals surface area contributed by atoms with Crippen LogP contribution in [0.1, 0.15) is 68.2 Å². The SMILES string of the molecule is CNC(C)(C)CC(C)(C)NC(C)(C)CC(C)(C)N. The van der Waals surface area contributed by atoms with E-state index in [2.05, 4.69) is 66.0 Å². The first-order chi connectivity index (χ1) is 7.68. The van der Waals surface area contributed by atoms with Crippen LogP contribution in [0, 0.1) is 0 Å². The first-order valence-electron chi connectivity index (χ1n) is 6.95. The maximum Gasteiger partial charge on any atom is 0.0147 e. The fraction of sp³-hybridized carbons (Fsp3) is 1.00. The number of rotatable bonds is 7. The van der Waals surface area contributed by atoms with E-state index < -0.39 is 0 Å². The van der Waals surface area contributed by atoms with Gasteiger partial charge in [-0.3, -0.25) is 0 Å².